The van der Waals surface area contributed by atoms with Crippen molar-refractivity contribution < 1.29 is 14.1 Å². The number of hydrogen-bond donors (Lipinski definition) is 1. The molecule has 1 N–H and O–H groups in total. The van der Waals surface area contributed by atoms with Crippen molar-refractivity contribution in [3.63, 3.8) is 0 Å². The number of nitrogens with one attached hydrogen (secondary N) is 1. The molecular weight excluding hydrogens is 392 g/mol. The summed E-state index contributed by atoms with van der Waals surface area (Å²) in [6.07, 6.45) is 1.85. The molecule has 1 amide bonds. The van der Waals surface area contributed by atoms with Gasteiger partial charge in [-0.2, -0.15) is 4.98 Å². The molecule has 1 fully saturated rings. The average Bonchev–Trinajstić information content (AvgIpc) is 3.28. The van der Waals surface area contributed by atoms with Gasteiger partial charge in [-0.1, -0.05) is 53.7 Å². The molecule has 1 aromatic heterocycles. The van der Waals surface area contributed by atoms with E-state index >= 15 is 0 Å². The van der Waals surface area contributed by atoms with Crippen molar-refractivity contribution in [1.82, 2.24) is 20.4 Å². The molecule has 31 heavy (non-hydrogen) atoms. The first-order valence-electron chi connectivity index (χ1n) is 10.8. The maximum absolute atomic E-state index is 12.8. The quantitative estimate of drug-likeness (QED) is 0.599. The van der Waals surface area contributed by atoms with Crippen LogP contribution in [0.4, 0.5) is 0 Å². The van der Waals surface area contributed by atoms with E-state index < -0.39 is 0 Å². The minimum Gasteiger partial charge on any atom is -0.494 e. The number of amides is 1. The first kappa shape index (κ1) is 21.1. The summed E-state index contributed by atoms with van der Waals surface area (Å²) in [4.78, 5) is 19.5. The number of rotatable bonds is 8. The van der Waals surface area contributed by atoms with Gasteiger partial charge < -0.3 is 14.6 Å². The molecule has 162 valence electrons. The van der Waals surface area contributed by atoms with Crippen molar-refractivity contribution in [2.75, 3.05) is 19.7 Å². The monoisotopic (exact) mass is 420 g/mol. The van der Waals surface area contributed by atoms with E-state index in [0.29, 0.717) is 38.0 Å². The van der Waals surface area contributed by atoms with Crippen molar-refractivity contribution >= 4 is 5.91 Å². The van der Waals surface area contributed by atoms with E-state index in [2.05, 4.69) is 20.4 Å². The Morgan fingerprint density at radius 1 is 1.19 bits per heavy atom. The van der Waals surface area contributed by atoms with Crippen LogP contribution in [-0.4, -0.2) is 40.6 Å². The fourth-order valence-corrected chi connectivity index (χ4v) is 3.90. The van der Waals surface area contributed by atoms with Gasteiger partial charge >= 0.3 is 0 Å². The fourth-order valence-electron chi connectivity index (χ4n) is 3.90. The third kappa shape index (κ3) is 5.49. The minimum absolute atomic E-state index is 0.0514. The lowest BCUT2D eigenvalue weighted by atomic mass is 9.97. The zero-order valence-corrected chi connectivity index (χ0v) is 17.8. The van der Waals surface area contributed by atoms with Crippen LogP contribution < -0.4 is 10.1 Å². The number of nitrogens with zero attached hydrogens (tertiary/aromatic N) is 3. The number of benzene rings is 2. The molecule has 3 aromatic rings. The summed E-state index contributed by atoms with van der Waals surface area (Å²) in [6.45, 7) is 5.18. The lowest BCUT2D eigenvalue weighted by molar-refractivity contribution is -0.127. The highest BCUT2D eigenvalue weighted by molar-refractivity contribution is 5.79. The number of carbonyl (C=O) groups excluding carboxylic acids is 1. The van der Waals surface area contributed by atoms with Crippen LogP contribution in [0.5, 0.6) is 5.75 Å². The van der Waals surface area contributed by atoms with Gasteiger partial charge in [0.2, 0.25) is 17.6 Å². The molecule has 1 unspecified atom stereocenters. The summed E-state index contributed by atoms with van der Waals surface area (Å²) >= 11 is 0. The molecule has 1 saturated heterocycles. The topological polar surface area (TPSA) is 80.5 Å². The first-order chi connectivity index (χ1) is 15.2. The zero-order valence-electron chi connectivity index (χ0n) is 17.8. The highest BCUT2D eigenvalue weighted by Gasteiger charge is 2.27. The molecule has 2 aromatic carbocycles. The summed E-state index contributed by atoms with van der Waals surface area (Å²) < 4.78 is 11.1. The van der Waals surface area contributed by atoms with Crippen LogP contribution in [0, 0.1) is 5.92 Å². The average molecular weight is 421 g/mol. The normalized spacial score (nSPS) is 16.7. The van der Waals surface area contributed by atoms with Crippen molar-refractivity contribution in [1.29, 1.82) is 0 Å². The third-order valence-corrected chi connectivity index (χ3v) is 5.46. The number of para-hydroxylation sites is 1. The predicted octanol–water partition coefficient (Wildman–Crippen LogP) is 3.66. The van der Waals surface area contributed by atoms with Gasteiger partial charge in [-0.15, -0.1) is 0 Å². The van der Waals surface area contributed by atoms with Crippen LogP contribution in [0.1, 0.15) is 31.2 Å². The van der Waals surface area contributed by atoms with E-state index in [1.165, 1.54) is 0 Å². The zero-order chi connectivity index (χ0) is 21.5. The Labute approximate surface area is 182 Å². The Hall–Kier alpha value is -3.19. The number of aromatic nitrogens is 2. The molecule has 0 radical (unpaired) electrons. The van der Waals surface area contributed by atoms with E-state index in [0.717, 1.165) is 36.3 Å². The molecule has 2 heterocycles. The molecule has 1 aliphatic rings. The van der Waals surface area contributed by atoms with Gasteiger partial charge in [-0.05, 0) is 32.4 Å². The number of carbonyl (C=O) groups is 1. The Bertz CT molecular complexity index is 989. The van der Waals surface area contributed by atoms with Crippen LogP contribution in [-0.2, 0) is 17.9 Å². The second kappa shape index (κ2) is 10.2. The van der Waals surface area contributed by atoms with Gasteiger partial charge in [0.25, 0.3) is 0 Å². The largest absolute Gasteiger partial charge is 0.494 e. The molecule has 0 bridgehead atoms. The molecule has 1 aliphatic heterocycles. The smallest absolute Gasteiger partial charge is 0.241 e. The molecule has 7 nitrogen and oxygen atoms in total. The lowest BCUT2D eigenvalue weighted by Crippen LogP contribution is -2.42. The molecule has 0 aliphatic carbocycles. The van der Waals surface area contributed by atoms with Crippen LogP contribution in [0.3, 0.4) is 0 Å². The summed E-state index contributed by atoms with van der Waals surface area (Å²) in [5.41, 5.74) is 1.92. The third-order valence-electron chi connectivity index (χ3n) is 5.46. The summed E-state index contributed by atoms with van der Waals surface area (Å²) in [7, 11) is 0. The van der Waals surface area contributed by atoms with Gasteiger partial charge in [0.05, 0.1) is 19.1 Å². The fraction of sp³-hybridized carbons (Fsp3) is 0.375. The summed E-state index contributed by atoms with van der Waals surface area (Å²) in [5.74, 6) is 2.01. The van der Waals surface area contributed by atoms with Gasteiger partial charge in [-0.25, -0.2) is 0 Å². The van der Waals surface area contributed by atoms with Crippen LogP contribution >= 0.6 is 0 Å². The van der Waals surface area contributed by atoms with Gasteiger partial charge in [0.1, 0.15) is 5.75 Å². The van der Waals surface area contributed by atoms with E-state index in [9.17, 15) is 4.79 Å². The minimum atomic E-state index is -0.0514. The number of likely N-dealkylation sites (tertiary alicyclic amines) is 1. The molecular formula is C24H28N4O3. The molecule has 7 heteroatoms. The lowest BCUT2D eigenvalue weighted by Gasteiger charge is -2.30. The maximum atomic E-state index is 12.8. The Kier molecular flexibility index (Phi) is 6.94. The second-order valence-electron chi connectivity index (χ2n) is 7.71. The van der Waals surface area contributed by atoms with Crippen LogP contribution in [0.15, 0.2) is 59.1 Å². The molecule has 4 rings (SSSR count). The standard InChI is InChI=1S/C24H28N4O3/c1-2-30-21-13-7-6-11-19(21)15-25-24(29)20-12-8-14-28(16-20)17-22-26-23(27-31-22)18-9-4-3-5-10-18/h3-7,9-11,13,20H,2,8,12,14-17H2,1H3,(H,25,29). The second-order valence-corrected chi connectivity index (χ2v) is 7.71. The first-order valence-corrected chi connectivity index (χ1v) is 10.8. The Morgan fingerprint density at radius 2 is 2.00 bits per heavy atom. The molecule has 1 atom stereocenters. The van der Waals surface area contributed by atoms with Crippen LogP contribution in [0.25, 0.3) is 11.4 Å². The van der Waals surface area contributed by atoms with E-state index in [4.69, 9.17) is 9.26 Å². The number of piperidine rings is 1. The van der Waals surface area contributed by atoms with Gasteiger partial charge in [-0.3, -0.25) is 9.69 Å². The predicted molar refractivity (Wildman–Crippen MR) is 117 cm³/mol. The van der Waals surface area contributed by atoms with Gasteiger partial charge in [0.15, 0.2) is 0 Å². The van der Waals surface area contributed by atoms with Gasteiger partial charge in [0, 0.05) is 24.2 Å². The molecule has 0 spiro atoms. The summed E-state index contributed by atoms with van der Waals surface area (Å²) in [5, 5.41) is 7.17. The highest BCUT2D eigenvalue weighted by atomic mass is 16.5. The SMILES string of the molecule is CCOc1ccccc1CNC(=O)C1CCCN(Cc2nc(-c3ccccc3)no2)C1. The Morgan fingerprint density at radius 3 is 2.84 bits per heavy atom. The number of ether oxygens (including phenoxy) is 1. The maximum Gasteiger partial charge on any atom is 0.241 e. The van der Waals surface area contributed by atoms with Crippen molar-refractivity contribution in [3.8, 4) is 17.1 Å². The highest BCUT2D eigenvalue weighted by Crippen LogP contribution is 2.21. The van der Waals surface area contributed by atoms with E-state index in [-0.39, 0.29) is 11.8 Å². The molecule has 0 saturated carbocycles. The van der Waals surface area contributed by atoms with Crippen molar-refractivity contribution in [3.05, 3.63) is 66.1 Å². The van der Waals surface area contributed by atoms with Crippen LogP contribution in [0.2, 0.25) is 0 Å². The van der Waals surface area contributed by atoms with E-state index in [1.54, 1.807) is 0 Å². The van der Waals surface area contributed by atoms with E-state index in [1.807, 2.05) is 61.5 Å². The van der Waals surface area contributed by atoms with Crippen molar-refractivity contribution in [2.45, 2.75) is 32.9 Å². The number of hydrogen-bond acceptors (Lipinski definition) is 6. The van der Waals surface area contributed by atoms with Crippen molar-refractivity contribution in [2.24, 2.45) is 5.92 Å². The Balaban J connectivity index is 1.31. The summed E-state index contributed by atoms with van der Waals surface area (Å²) in [6, 6.07) is 17.6.